The minimum absolute atomic E-state index is 0.419. The van der Waals surface area contributed by atoms with Crippen LogP contribution in [0.2, 0.25) is 0 Å². The molecule has 1 aliphatic heterocycles. The van der Waals surface area contributed by atoms with Gasteiger partial charge in [0, 0.05) is 25.4 Å². The number of piperidine rings is 1. The number of likely N-dealkylation sites (tertiary alicyclic amines) is 1. The topological polar surface area (TPSA) is 35.8 Å². The number of hydrogen-bond acceptors (Lipinski definition) is 4. The summed E-state index contributed by atoms with van der Waals surface area (Å²) >= 11 is 1.91. The molecule has 0 aromatic rings. The third-order valence-corrected chi connectivity index (χ3v) is 3.43. The summed E-state index contributed by atoms with van der Waals surface area (Å²) < 4.78 is 0. The van der Waals surface area contributed by atoms with Gasteiger partial charge in [0.05, 0.1) is 5.71 Å². The van der Waals surface area contributed by atoms with Crippen LogP contribution in [0, 0.1) is 5.92 Å². The van der Waals surface area contributed by atoms with Crippen molar-refractivity contribution in [1.82, 2.24) is 4.90 Å². The van der Waals surface area contributed by atoms with E-state index < -0.39 is 0 Å². The highest BCUT2D eigenvalue weighted by Crippen LogP contribution is 2.14. The lowest BCUT2D eigenvalue weighted by Crippen LogP contribution is -2.40. The quantitative estimate of drug-likeness (QED) is 0.443. The highest BCUT2D eigenvalue weighted by atomic mass is 32.2. The van der Waals surface area contributed by atoms with Crippen LogP contribution in [-0.2, 0) is 0 Å². The lowest BCUT2D eigenvalue weighted by molar-refractivity contribution is 0.237. The lowest BCUT2D eigenvalue weighted by Gasteiger charge is -2.31. The molecule has 1 rings (SSSR count). The first-order chi connectivity index (χ1) is 6.77. The monoisotopic (exact) mass is 216 g/mol. The number of hydrogen-bond donors (Lipinski definition) is 1. The van der Waals surface area contributed by atoms with Crippen LogP contribution in [0.1, 0.15) is 19.8 Å². The Balaban J connectivity index is 2.25. The van der Waals surface area contributed by atoms with Crippen molar-refractivity contribution >= 4 is 17.5 Å². The number of oxime groups is 1. The Morgan fingerprint density at radius 1 is 1.64 bits per heavy atom. The third-order valence-electron chi connectivity index (χ3n) is 2.74. The van der Waals surface area contributed by atoms with Gasteiger partial charge in [0.2, 0.25) is 0 Å². The molecule has 0 radical (unpaired) electrons. The number of rotatable bonds is 4. The van der Waals surface area contributed by atoms with Crippen LogP contribution in [-0.4, -0.2) is 47.5 Å². The molecule has 1 saturated heterocycles. The maximum Gasteiger partial charge on any atom is 0.0624 e. The van der Waals surface area contributed by atoms with E-state index in [4.69, 9.17) is 5.21 Å². The van der Waals surface area contributed by atoms with E-state index in [-0.39, 0.29) is 0 Å². The van der Waals surface area contributed by atoms with E-state index in [1.807, 2.05) is 11.8 Å². The standard InChI is InChI=1S/C10H20N2OS/c1-9-8-12(5-3-7-14-2)6-4-10(9)11-13/h9,13H,3-8H2,1-2H3. The molecule has 1 atom stereocenters. The molecule has 82 valence electrons. The molecule has 14 heavy (non-hydrogen) atoms. The second-order valence-electron chi connectivity index (χ2n) is 3.89. The molecule has 1 heterocycles. The van der Waals surface area contributed by atoms with E-state index in [1.165, 1.54) is 18.7 Å². The Labute approximate surface area is 90.5 Å². The summed E-state index contributed by atoms with van der Waals surface area (Å²) in [5.41, 5.74) is 0.964. The second-order valence-corrected chi connectivity index (χ2v) is 4.87. The van der Waals surface area contributed by atoms with E-state index in [0.717, 1.165) is 25.2 Å². The minimum atomic E-state index is 0.419. The average Bonchev–Trinajstić information content (AvgIpc) is 2.18. The molecule has 0 aromatic carbocycles. The molecule has 1 N–H and O–H groups in total. The summed E-state index contributed by atoms with van der Waals surface area (Å²) in [6.45, 7) is 5.42. The van der Waals surface area contributed by atoms with E-state index in [0.29, 0.717) is 5.92 Å². The predicted octanol–water partition coefficient (Wildman–Crippen LogP) is 1.91. The smallest absolute Gasteiger partial charge is 0.0624 e. The summed E-state index contributed by atoms with van der Waals surface area (Å²) in [7, 11) is 0. The maximum absolute atomic E-state index is 8.73. The van der Waals surface area contributed by atoms with Crippen molar-refractivity contribution in [3.63, 3.8) is 0 Å². The van der Waals surface area contributed by atoms with Crippen molar-refractivity contribution in [2.24, 2.45) is 11.1 Å². The van der Waals surface area contributed by atoms with Crippen molar-refractivity contribution in [3.8, 4) is 0 Å². The molecule has 4 heteroatoms. The largest absolute Gasteiger partial charge is 0.411 e. The van der Waals surface area contributed by atoms with Crippen LogP contribution < -0.4 is 0 Å². The maximum atomic E-state index is 8.73. The van der Waals surface area contributed by atoms with E-state index in [1.54, 1.807) is 0 Å². The van der Waals surface area contributed by atoms with Gasteiger partial charge in [-0.15, -0.1) is 0 Å². The Kier molecular flexibility index (Phi) is 5.33. The fraction of sp³-hybridized carbons (Fsp3) is 0.900. The molecular weight excluding hydrogens is 196 g/mol. The van der Waals surface area contributed by atoms with Gasteiger partial charge in [-0.25, -0.2) is 0 Å². The number of nitrogens with zero attached hydrogens (tertiary/aromatic N) is 2. The van der Waals surface area contributed by atoms with E-state index in [2.05, 4.69) is 23.2 Å². The van der Waals surface area contributed by atoms with Gasteiger partial charge in [0.15, 0.2) is 0 Å². The molecule has 1 fully saturated rings. The highest BCUT2D eigenvalue weighted by Gasteiger charge is 2.21. The van der Waals surface area contributed by atoms with Gasteiger partial charge >= 0.3 is 0 Å². The molecule has 3 nitrogen and oxygen atoms in total. The zero-order chi connectivity index (χ0) is 10.4. The first kappa shape index (κ1) is 11.9. The normalized spacial score (nSPS) is 27.0. The third kappa shape index (κ3) is 3.50. The fourth-order valence-corrected chi connectivity index (χ4v) is 2.30. The molecule has 0 amide bonds. The van der Waals surface area contributed by atoms with E-state index >= 15 is 0 Å². The predicted molar refractivity (Wildman–Crippen MR) is 62.4 cm³/mol. The zero-order valence-corrected chi connectivity index (χ0v) is 9.89. The number of thioether (sulfide) groups is 1. The molecule has 1 unspecified atom stereocenters. The van der Waals surface area contributed by atoms with Crippen LogP contribution >= 0.6 is 11.8 Å². The molecule has 0 aliphatic carbocycles. The summed E-state index contributed by atoms with van der Waals surface area (Å²) in [6, 6.07) is 0. The summed E-state index contributed by atoms with van der Waals surface area (Å²) in [4.78, 5) is 2.47. The van der Waals surface area contributed by atoms with Crippen molar-refractivity contribution in [2.45, 2.75) is 19.8 Å². The van der Waals surface area contributed by atoms with Crippen molar-refractivity contribution in [3.05, 3.63) is 0 Å². The summed E-state index contributed by atoms with van der Waals surface area (Å²) in [5, 5.41) is 12.1. The van der Waals surface area contributed by atoms with Crippen LogP contribution in [0.15, 0.2) is 5.16 Å². The van der Waals surface area contributed by atoms with Crippen molar-refractivity contribution < 1.29 is 5.21 Å². The Bertz CT molecular complexity index is 197. The van der Waals surface area contributed by atoms with Gasteiger partial charge in [0.25, 0.3) is 0 Å². The Morgan fingerprint density at radius 3 is 3.00 bits per heavy atom. The minimum Gasteiger partial charge on any atom is -0.411 e. The first-order valence-corrected chi connectivity index (χ1v) is 6.59. The van der Waals surface area contributed by atoms with Crippen molar-refractivity contribution in [1.29, 1.82) is 0 Å². The summed E-state index contributed by atoms with van der Waals surface area (Å²) in [5.74, 6) is 1.66. The van der Waals surface area contributed by atoms with Gasteiger partial charge in [0.1, 0.15) is 0 Å². The molecule has 1 aliphatic rings. The highest BCUT2D eigenvalue weighted by molar-refractivity contribution is 7.98. The fourth-order valence-electron chi connectivity index (χ4n) is 1.89. The summed E-state index contributed by atoms with van der Waals surface area (Å²) in [6.07, 6.45) is 4.34. The molecule has 0 aromatic heterocycles. The van der Waals surface area contributed by atoms with Crippen LogP contribution in [0.5, 0.6) is 0 Å². The van der Waals surface area contributed by atoms with Gasteiger partial charge in [-0.1, -0.05) is 12.1 Å². The van der Waals surface area contributed by atoms with Gasteiger partial charge in [-0.2, -0.15) is 11.8 Å². The Hall–Kier alpha value is -0.220. The van der Waals surface area contributed by atoms with Crippen LogP contribution in [0.3, 0.4) is 0 Å². The van der Waals surface area contributed by atoms with Gasteiger partial charge in [-0.3, -0.25) is 0 Å². The average molecular weight is 216 g/mol. The molecule has 0 bridgehead atoms. The lowest BCUT2D eigenvalue weighted by atomic mass is 9.97. The van der Waals surface area contributed by atoms with Crippen molar-refractivity contribution in [2.75, 3.05) is 31.6 Å². The second kappa shape index (κ2) is 6.30. The van der Waals surface area contributed by atoms with Gasteiger partial charge in [-0.05, 0) is 25.0 Å². The first-order valence-electron chi connectivity index (χ1n) is 5.20. The van der Waals surface area contributed by atoms with Crippen LogP contribution in [0.4, 0.5) is 0 Å². The SMILES string of the molecule is CSCCCN1CCC(=NO)C(C)C1. The zero-order valence-electron chi connectivity index (χ0n) is 9.07. The molecular formula is C10H20N2OS. The van der Waals surface area contributed by atoms with Gasteiger partial charge < -0.3 is 10.1 Å². The van der Waals surface area contributed by atoms with Crippen LogP contribution in [0.25, 0.3) is 0 Å². The Morgan fingerprint density at radius 2 is 2.43 bits per heavy atom. The molecule has 0 spiro atoms. The molecule has 0 saturated carbocycles. The van der Waals surface area contributed by atoms with E-state index in [9.17, 15) is 0 Å².